The summed E-state index contributed by atoms with van der Waals surface area (Å²) in [7, 11) is 1.46. The number of carbonyl (C=O) groups excluding carboxylic acids is 1. The Kier molecular flexibility index (Phi) is 4.44. The third kappa shape index (κ3) is 3.21. The highest BCUT2D eigenvalue weighted by molar-refractivity contribution is 8.01. The number of hydrogen-bond donors (Lipinski definition) is 1. The van der Waals surface area contributed by atoms with Gasteiger partial charge in [0.05, 0.1) is 23.0 Å². The van der Waals surface area contributed by atoms with Gasteiger partial charge in [0.2, 0.25) is 5.91 Å². The fourth-order valence-electron chi connectivity index (χ4n) is 2.60. The van der Waals surface area contributed by atoms with Gasteiger partial charge in [0.1, 0.15) is 5.75 Å². The van der Waals surface area contributed by atoms with Gasteiger partial charge in [0.25, 0.3) is 5.69 Å². The number of carbonyl (C=O) groups is 1. The van der Waals surface area contributed by atoms with Crippen LogP contribution in [0.1, 0.15) is 11.1 Å². The third-order valence-electron chi connectivity index (χ3n) is 3.84. The van der Waals surface area contributed by atoms with Crippen LogP contribution in [0.4, 0.5) is 11.4 Å². The molecule has 0 saturated carbocycles. The van der Waals surface area contributed by atoms with Crippen LogP contribution in [0.15, 0.2) is 41.3 Å². The van der Waals surface area contributed by atoms with E-state index in [2.05, 4.69) is 11.4 Å². The monoisotopic (exact) mass is 344 g/mol. The molecule has 1 heterocycles. The minimum Gasteiger partial charge on any atom is -0.495 e. The molecule has 0 spiro atoms. The lowest BCUT2D eigenvalue weighted by molar-refractivity contribution is -0.384. The van der Waals surface area contributed by atoms with Crippen molar-refractivity contribution in [3.05, 3.63) is 57.6 Å². The Morgan fingerprint density at radius 1 is 1.33 bits per heavy atom. The number of rotatable bonds is 4. The number of nitro groups is 1. The second kappa shape index (κ2) is 6.52. The van der Waals surface area contributed by atoms with Crippen LogP contribution in [-0.4, -0.2) is 23.2 Å². The van der Waals surface area contributed by atoms with Gasteiger partial charge in [0.15, 0.2) is 0 Å². The molecule has 24 heavy (non-hydrogen) atoms. The number of nitrogens with zero attached hydrogens (tertiary/aromatic N) is 1. The average molecular weight is 344 g/mol. The van der Waals surface area contributed by atoms with Crippen molar-refractivity contribution >= 4 is 29.0 Å². The lowest BCUT2D eigenvalue weighted by atomic mass is 10.1. The standard InChI is InChI=1S/C17H16N2O4S/c1-10-3-4-11-8-16(24-15(11)7-10)17(20)18-13-9-12(19(21)22)5-6-14(13)23-2/h3-7,9,16H,8H2,1-2H3,(H,18,20)/t16-/m1/s1. The predicted molar refractivity (Wildman–Crippen MR) is 92.8 cm³/mol. The lowest BCUT2D eigenvalue weighted by Crippen LogP contribution is -2.24. The molecule has 0 aliphatic carbocycles. The maximum absolute atomic E-state index is 12.6. The summed E-state index contributed by atoms with van der Waals surface area (Å²) in [5.41, 5.74) is 2.52. The molecule has 6 nitrogen and oxygen atoms in total. The number of fused-ring (bicyclic) bond motifs is 1. The van der Waals surface area contributed by atoms with Crippen molar-refractivity contribution in [2.75, 3.05) is 12.4 Å². The van der Waals surface area contributed by atoms with Crippen molar-refractivity contribution in [3.8, 4) is 5.75 Å². The summed E-state index contributed by atoms with van der Waals surface area (Å²) >= 11 is 1.51. The van der Waals surface area contributed by atoms with Gasteiger partial charge in [-0.05, 0) is 31.0 Å². The Morgan fingerprint density at radius 2 is 2.12 bits per heavy atom. The molecule has 7 heteroatoms. The SMILES string of the molecule is COc1ccc([N+](=O)[O-])cc1NC(=O)[C@H]1Cc2ccc(C)cc2S1. The van der Waals surface area contributed by atoms with E-state index in [1.165, 1.54) is 37.1 Å². The average Bonchev–Trinajstić information content (AvgIpc) is 2.97. The van der Waals surface area contributed by atoms with E-state index in [0.717, 1.165) is 16.0 Å². The zero-order chi connectivity index (χ0) is 17.3. The molecule has 0 fully saturated rings. The van der Waals surface area contributed by atoms with E-state index in [1.54, 1.807) is 0 Å². The first-order valence-corrected chi connectivity index (χ1v) is 8.25. The normalized spacial score (nSPS) is 15.7. The Bertz CT molecular complexity index is 822. The smallest absolute Gasteiger partial charge is 0.271 e. The second-order valence-electron chi connectivity index (χ2n) is 5.55. The van der Waals surface area contributed by atoms with Gasteiger partial charge in [-0.3, -0.25) is 14.9 Å². The highest BCUT2D eigenvalue weighted by atomic mass is 32.2. The number of nitrogens with one attached hydrogen (secondary N) is 1. The largest absolute Gasteiger partial charge is 0.495 e. The number of non-ortho nitro benzene ring substituents is 1. The number of aryl methyl sites for hydroxylation is 1. The lowest BCUT2D eigenvalue weighted by Gasteiger charge is -2.13. The third-order valence-corrected chi connectivity index (χ3v) is 5.14. The van der Waals surface area contributed by atoms with E-state index in [9.17, 15) is 14.9 Å². The molecule has 0 saturated heterocycles. The van der Waals surface area contributed by atoms with Gasteiger partial charge >= 0.3 is 0 Å². The fraction of sp³-hybridized carbons (Fsp3) is 0.235. The molecule has 0 aromatic heterocycles. The molecule has 124 valence electrons. The summed E-state index contributed by atoms with van der Waals surface area (Å²) in [6, 6.07) is 10.3. The van der Waals surface area contributed by atoms with Crippen LogP contribution in [0.5, 0.6) is 5.75 Å². The van der Waals surface area contributed by atoms with Crippen LogP contribution in [0.25, 0.3) is 0 Å². The molecule has 1 N–H and O–H groups in total. The van der Waals surface area contributed by atoms with Gasteiger partial charge in [-0.2, -0.15) is 0 Å². The Hall–Kier alpha value is -2.54. The van der Waals surface area contributed by atoms with Gasteiger partial charge in [-0.25, -0.2) is 0 Å². The Morgan fingerprint density at radius 3 is 2.83 bits per heavy atom. The van der Waals surface area contributed by atoms with Crippen molar-refractivity contribution in [1.82, 2.24) is 0 Å². The van der Waals surface area contributed by atoms with E-state index >= 15 is 0 Å². The summed E-state index contributed by atoms with van der Waals surface area (Å²) in [4.78, 5) is 24.1. The summed E-state index contributed by atoms with van der Waals surface area (Å²) in [5.74, 6) is 0.206. The molecule has 2 aromatic rings. The molecule has 1 aliphatic rings. The van der Waals surface area contributed by atoms with E-state index in [1.807, 2.05) is 19.1 Å². The molecule has 1 atom stereocenters. The van der Waals surface area contributed by atoms with Crippen LogP contribution < -0.4 is 10.1 Å². The zero-order valence-corrected chi connectivity index (χ0v) is 14.1. The Balaban J connectivity index is 1.78. The van der Waals surface area contributed by atoms with Crippen molar-refractivity contribution in [2.45, 2.75) is 23.5 Å². The summed E-state index contributed by atoms with van der Waals surface area (Å²) in [5, 5.41) is 13.4. The van der Waals surface area contributed by atoms with Gasteiger partial charge in [-0.15, -0.1) is 11.8 Å². The first-order valence-electron chi connectivity index (χ1n) is 7.37. The minimum atomic E-state index is -0.502. The van der Waals surface area contributed by atoms with Crippen LogP contribution in [0.3, 0.4) is 0 Å². The van der Waals surface area contributed by atoms with Crippen LogP contribution in [-0.2, 0) is 11.2 Å². The van der Waals surface area contributed by atoms with Crippen LogP contribution in [0.2, 0.25) is 0 Å². The van der Waals surface area contributed by atoms with Crippen LogP contribution >= 0.6 is 11.8 Å². The number of hydrogen-bond acceptors (Lipinski definition) is 5. The molecule has 3 rings (SSSR count). The van der Waals surface area contributed by atoms with Gasteiger partial charge < -0.3 is 10.1 Å². The van der Waals surface area contributed by atoms with E-state index in [-0.39, 0.29) is 16.8 Å². The summed E-state index contributed by atoms with van der Waals surface area (Å²) in [6.45, 7) is 2.02. The zero-order valence-electron chi connectivity index (χ0n) is 13.2. The first-order chi connectivity index (χ1) is 11.5. The summed E-state index contributed by atoms with van der Waals surface area (Å²) in [6.07, 6.45) is 0.642. The van der Waals surface area contributed by atoms with E-state index in [0.29, 0.717) is 17.9 Å². The fourth-order valence-corrected chi connectivity index (χ4v) is 3.89. The number of nitro benzene ring substituents is 1. The van der Waals surface area contributed by atoms with Crippen molar-refractivity contribution in [2.24, 2.45) is 0 Å². The summed E-state index contributed by atoms with van der Waals surface area (Å²) < 4.78 is 5.18. The molecule has 1 aliphatic heterocycles. The number of ether oxygens (including phenoxy) is 1. The number of thioether (sulfide) groups is 1. The number of benzene rings is 2. The molecule has 2 aromatic carbocycles. The molecule has 0 radical (unpaired) electrons. The van der Waals surface area contributed by atoms with Crippen molar-refractivity contribution < 1.29 is 14.5 Å². The topological polar surface area (TPSA) is 81.5 Å². The van der Waals surface area contributed by atoms with E-state index < -0.39 is 4.92 Å². The van der Waals surface area contributed by atoms with E-state index in [4.69, 9.17) is 4.74 Å². The quantitative estimate of drug-likeness (QED) is 0.677. The number of methoxy groups -OCH3 is 1. The van der Waals surface area contributed by atoms with Crippen LogP contribution in [0, 0.1) is 17.0 Å². The highest BCUT2D eigenvalue weighted by Crippen LogP contribution is 2.38. The Labute approximate surface area is 143 Å². The molecule has 0 bridgehead atoms. The molecule has 1 amide bonds. The highest BCUT2D eigenvalue weighted by Gasteiger charge is 2.29. The maximum atomic E-state index is 12.6. The molecular weight excluding hydrogens is 328 g/mol. The van der Waals surface area contributed by atoms with Crippen molar-refractivity contribution in [3.63, 3.8) is 0 Å². The molecule has 0 unspecified atom stereocenters. The number of amides is 1. The number of anilines is 1. The predicted octanol–water partition coefficient (Wildman–Crippen LogP) is 3.57. The van der Waals surface area contributed by atoms with Gasteiger partial charge in [-0.1, -0.05) is 17.7 Å². The maximum Gasteiger partial charge on any atom is 0.271 e. The molecular formula is C17H16N2O4S. The van der Waals surface area contributed by atoms with Crippen molar-refractivity contribution in [1.29, 1.82) is 0 Å². The minimum absolute atomic E-state index is 0.0934. The van der Waals surface area contributed by atoms with Gasteiger partial charge in [0, 0.05) is 17.0 Å². The first kappa shape index (κ1) is 16.3. The second-order valence-corrected chi connectivity index (χ2v) is 6.80.